The van der Waals surface area contributed by atoms with Gasteiger partial charge in [-0.1, -0.05) is 18.2 Å². The Bertz CT molecular complexity index is 724. The molecular weight excluding hydrogens is 298 g/mol. The average Bonchev–Trinajstić information content (AvgIpc) is 2.62. The first-order valence-corrected chi connectivity index (χ1v) is 7.86. The number of benzene rings is 1. The Labute approximate surface area is 122 Å². The fraction of sp³-hybridized carbons (Fsp3) is 0.308. The number of methoxy groups -OCH3 is 1. The van der Waals surface area contributed by atoms with Gasteiger partial charge < -0.3 is 14.6 Å². The molecule has 114 valence electrons. The van der Waals surface area contributed by atoms with Crippen LogP contribution in [0.25, 0.3) is 0 Å². The highest BCUT2D eigenvalue weighted by molar-refractivity contribution is 7.88. The summed E-state index contributed by atoms with van der Waals surface area (Å²) in [4.78, 5) is 12.3. The summed E-state index contributed by atoms with van der Waals surface area (Å²) in [7, 11) is -2.25. The van der Waals surface area contributed by atoms with Gasteiger partial charge in [0.25, 0.3) is 5.78 Å². The van der Waals surface area contributed by atoms with Crippen molar-refractivity contribution in [1.82, 2.24) is 4.72 Å². The van der Waals surface area contributed by atoms with Crippen LogP contribution in [0.15, 0.2) is 35.9 Å². The zero-order valence-electron chi connectivity index (χ0n) is 11.7. The summed E-state index contributed by atoms with van der Waals surface area (Å²) in [5.41, 5.74) is -1.18. The highest BCUT2D eigenvalue weighted by Gasteiger charge is 2.49. The maximum Gasteiger partial charge on any atom is 0.250 e. The van der Waals surface area contributed by atoms with Gasteiger partial charge in [-0.25, -0.2) is 8.42 Å². The Morgan fingerprint density at radius 3 is 2.52 bits per heavy atom. The third-order valence-electron chi connectivity index (χ3n) is 3.07. The summed E-state index contributed by atoms with van der Waals surface area (Å²) in [6.45, 7) is 1.43. The summed E-state index contributed by atoms with van der Waals surface area (Å²) < 4.78 is 35.0. The molecule has 1 aliphatic heterocycles. The average molecular weight is 313 g/mol. The number of hydrogen-bond acceptors (Lipinski definition) is 6. The van der Waals surface area contributed by atoms with Crippen molar-refractivity contribution in [3.63, 3.8) is 0 Å². The lowest BCUT2D eigenvalue weighted by atomic mass is 9.91. The number of rotatable bonds is 4. The smallest absolute Gasteiger partial charge is 0.250 e. The predicted molar refractivity (Wildman–Crippen MR) is 74.1 cm³/mol. The zero-order chi connectivity index (χ0) is 15.8. The van der Waals surface area contributed by atoms with E-state index in [1.807, 2.05) is 4.72 Å². The number of para-hydroxylation sites is 1. The molecule has 0 aromatic heterocycles. The van der Waals surface area contributed by atoms with E-state index in [4.69, 9.17) is 9.47 Å². The van der Waals surface area contributed by atoms with Crippen LogP contribution in [0.5, 0.6) is 5.75 Å². The van der Waals surface area contributed by atoms with E-state index < -0.39 is 33.0 Å². The SMILES string of the molecule is COc1ccccc1C1(C)OC(NS(C)(=O)=O)=C(O)C1=O. The first-order chi connectivity index (χ1) is 9.69. The summed E-state index contributed by atoms with van der Waals surface area (Å²) in [6, 6.07) is 6.64. The third kappa shape index (κ3) is 2.66. The van der Waals surface area contributed by atoms with Crippen LogP contribution in [0.4, 0.5) is 0 Å². The standard InChI is InChI=1S/C13H15NO6S/c1-13(8-6-4-5-7-9(8)19-2)11(16)10(15)12(20-13)14-21(3,17)18/h4-7,14-15H,1-3H3. The Morgan fingerprint density at radius 1 is 1.33 bits per heavy atom. The number of hydrogen-bond donors (Lipinski definition) is 2. The Hall–Kier alpha value is -2.22. The lowest BCUT2D eigenvalue weighted by molar-refractivity contribution is -0.131. The monoisotopic (exact) mass is 313 g/mol. The molecule has 0 saturated heterocycles. The van der Waals surface area contributed by atoms with Crippen molar-refractivity contribution in [1.29, 1.82) is 0 Å². The van der Waals surface area contributed by atoms with Crippen LogP contribution in [-0.2, 0) is 25.2 Å². The molecule has 2 rings (SSSR count). The van der Waals surface area contributed by atoms with Gasteiger partial charge in [-0.3, -0.25) is 9.52 Å². The van der Waals surface area contributed by atoms with Crippen molar-refractivity contribution < 1.29 is 27.8 Å². The molecule has 0 spiro atoms. The number of aliphatic hydroxyl groups is 1. The fourth-order valence-electron chi connectivity index (χ4n) is 2.08. The van der Waals surface area contributed by atoms with Crippen LogP contribution >= 0.6 is 0 Å². The van der Waals surface area contributed by atoms with Crippen LogP contribution < -0.4 is 9.46 Å². The van der Waals surface area contributed by atoms with Crippen LogP contribution in [0.1, 0.15) is 12.5 Å². The minimum atomic E-state index is -3.69. The molecule has 0 saturated carbocycles. The minimum absolute atomic E-state index is 0.384. The minimum Gasteiger partial charge on any atom is -0.501 e. The molecule has 0 amide bonds. The number of Topliss-reactive ketones (excluding diaryl/α,β-unsaturated/α-hetero) is 1. The number of ketones is 1. The maximum atomic E-state index is 12.3. The van der Waals surface area contributed by atoms with Gasteiger partial charge in [0.15, 0.2) is 0 Å². The summed E-state index contributed by atoms with van der Waals surface area (Å²) in [6.07, 6.45) is 0.889. The van der Waals surface area contributed by atoms with Crippen LogP contribution in [0.3, 0.4) is 0 Å². The van der Waals surface area contributed by atoms with Crippen LogP contribution in [-0.4, -0.2) is 32.7 Å². The first-order valence-electron chi connectivity index (χ1n) is 5.97. The van der Waals surface area contributed by atoms with E-state index >= 15 is 0 Å². The van der Waals surface area contributed by atoms with Crippen molar-refractivity contribution in [2.24, 2.45) is 0 Å². The molecule has 0 fully saturated rings. The molecule has 1 aliphatic rings. The van der Waals surface area contributed by atoms with Gasteiger partial charge in [0.2, 0.25) is 27.3 Å². The second-order valence-corrected chi connectivity index (χ2v) is 6.47. The Kier molecular flexibility index (Phi) is 3.58. The summed E-state index contributed by atoms with van der Waals surface area (Å²) in [5.74, 6) is -1.62. The van der Waals surface area contributed by atoms with E-state index in [0.29, 0.717) is 11.3 Å². The van der Waals surface area contributed by atoms with Crippen molar-refractivity contribution in [3.8, 4) is 5.75 Å². The van der Waals surface area contributed by atoms with Crippen molar-refractivity contribution in [2.45, 2.75) is 12.5 Å². The lowest BCUT2D eigenvalue weighted by Crippen LogP contribution is -2.32. The molecule has 7 nitrogen and oxygen atoms in total. The van der Waals surface area contributed by atoms with E-state index in [2.05, 4.69) is 0 Å². The van der Waals surface area contributed by atoms with Gasteiger partial charge >= 0.3 is 0 Å². The van der Waals surface area contributed by atoms with Gasteiger partial charge in [-0.2, -0.15) is 0 Å². The molecule has 0 aliphatic carbocycles. The molecule has 1 aromatic carbocycles. The lowest BCUT2D eigenvalue weighted by Gasteiger charge is -2.25. The number of nitrogens with one attached hydrogen (secondary N) is 1. The topological polar surface area (TPSA) is 102 Å². The molecule has 1 unspecified atom stereocenters. The number of carbonyl (C=O) groups is 1. The van der Waals surface area contributed by atoms with Gasteiger partial charge in [0.1, 0.15) is 5.75 Å². The second-order valence-electron chi connectivity index (χ2n) is 4.72. The van der Waals surface area contributed by atoms with E-state index in [1.165, 1.54) is 14.0 Å². The van der Waals surface area contributed by atoms with Gasteiger partial charge in [-0.15, -0.1) is 0 Å². The molecule has 1 atom stereocenters. The first kappa shape index (κ1) is 15.2. The molecule has 0 radical (unpaired) electrons. The molecular formula is C13H15NO6S. The number of carbonyl (C=O) groups excluding carboxylic acids is 1. The molecule has 1 heterocycles. The second kappa shape index (κ2) is 4.96. The van der Waals surface area contributed by atoms with Gasteiger partial charge in [-0.05, 0) is 13.0 Å². The van der Waals surface area contributed by atoms with E-state index in [1.54, 1.807) is 24.3 Å². The van der Waals surface area contributed by atoms with Crippen LogP contribution in [0, 0.1) is 0 Å². The Balaban J connectivity index is 2.46. The van der Waals surface area contributed by atoms with E-state index in [0.717, 1.165) is 6.26 Å². The Morgan fingerprint density at radius 2 is 1.95 bits per heavy atom. The fourth-order valence-corrected chi connectivity index (χ4v) is 2.56. The highest BCUT2D eigenvalue weighted by atomic mass is 32.2. The summed E-state index contributed by atoms with van der Waals surface area (Å²) in [5, 5.41) is 9.82. The quantitative estimate of drug-likeness (QED) is 0.852. The van der Waals surface area contributed by atoms with Gasteiger partial charge in [0, 0.05) is 5.56 Å². The normalized spacial score (nSPS) is 22.1. The van der Waals surface area contributed by atoms with Crippen molar-refractivity contribution >= 4 is 15.8 Å². The summed E-state index contributed by atoms with van der Waals surface area (Å²) >= 11 is 0. The van der Waals surface area contributed by atoms with Crippen LogP contribution in [0.2, 0.25) is 0 Å². The molecule has 0 bridgehead atoms. The van der Waals surface area contributed by atoms with E-state index in [9.17, 15) is 18.3 Å². The van der Waals surface area contributed by atoms with Gasteiger partial charge in [0.05, 0.1) is 13.4 Å². The number of aliphatic hydroxyl groups excluding tert-OH is 1. The highest BCUT2D eigenvalue weighted by Crippen LogP contribution is 2.41. The third-order valence-corrected chi connectivity index (χ3v) is 3.62. The maximum absolute atomic E-state index is 12.3. The number of sulfonamides is 1. The zero-order valence-corrected chi connectivity index (χ0v) is 12.5. The van der Waals surface area contributed by atoms with Crippen molar-refractivity contribution in [2.75, 3.05) is 13.4 Å². The molecule has 1 aromatic rings. The van der Waals surface area contributed by atoms with E-state index in [-0.39, 0.29) is 0 Å². The molecule has 8 heteroatoms. The number of ether oxygens (including phenoxy) is 2. The largest absolute Gasteiger partial charge is 0.501 e. The molecule has 21 heavy (non-hydrogen) atoms. The van der Waals surface area contributed by atoms with Crippen molar-refractivity contribution in [3.05, 3.63) is 41.5 Å². The molecule has 2 N–H and O–H groups in total. The predicted octanol–water partition coefficient (Wildman–Crippen LogP) is 0.786.